The molecule has 1 aliphatic rings. The summed E-state index contributed by atoms with van der Waals surface area (Å²) in [5.41, 5.74) is 1.36. The monoisotopic (exact) mass is 225 g/mol. The summed E-state index contributed by atoms with van der Waals surface area (Å²) in [6, 6.07) is 2.19. The maximum atomic E-state index is 5.90. The van der Waals surface area contributed by atoms with Gasteiger partial charge in [-0.1, -0.05) is 6.92 Å². The minimum absolute atomic E-state index is 0.323. The van der Waals surface area contributed by atoms with Gasteiger partial charge in [0.25, 0.3) is 0 Å². The van der Waals surface area contributed by atoms with Crippen molar-refractivity contribution in [3.63, 3.8) is 0 Å². The Labute approximate surface area is 95.6 Å². The van der Waals surface area contributed by atoms with E-state index in [4.69, 9.17) is 4.74 Å². The second-order valence-corrected chi connectivity index (χ2v) is 4.84. The first-order chi connectivity index (χ1) is 7.42. The van der Waals surface area contributed by atoms with Crippen molar-refractivity contribution in [2.45, 2.75) is 25.9 Å². The van der Waals surface area contributed by atoms with Crippen LogP contribution < -0.4 is 5.32 Å². The van der Waals surface area contributed by atoms with E-state index >= 15 is 0 Å². The zero-order valence-corrected chi connectivity index (χ0v) is 10.1. The summed E-state index contributed by atoms with van der Waals surface area (Å²) in [5, 5.41) is 7.79. The van der Waals surface area contributed by atoms with Gasteiger partial charge in [0.2, 0.25) is 0 Å². The molecule has 84 valence electrons. The molecule has 1 aromatic heterocycles. The van der Waals surface area contributed by atoms with E-state index in [9.17, 15) is 0 Å². The summed E-state index contributed by atoms with van der Waals surface area (Å²) >= 11 is 1.76. The standard InChI is InChI=1S/C12H19NOS/c1-2-13-8-10-4-3-6-14-12(10)11-5-7-15-9-11/h5,7,9-10,12-13H,2-4,6,8H2,1H3. The molecule has 3 heteroatoms. The Hall–Kier alpha value is -0.380. The summed E-state index contributed by atoms with van der Waals surface area (Å²) in [4.78, 5) is 0. The Morgan fingerprint density at radius 2 is 2.53 bits per heavy atom. The Kier molecular flexibility index (Phi) is 4.18. The fourth-order valence-corrected chi connectivity index (χ4v) is 2.87. The Bertz CT molecular complexity index is 273. The third kappa shape index (κ3) is 2.80. The second-order valence-electron chi connectivity index (χ2n) is 4.06. The number of thiophene rings is 1. The van der Waals surface area contributed by atoms with Gasteiger partial charge in [0, 0.05) is 19.1 Å². The van der Waals surface area contributed by atoms with Crippen molar-refractivity contribution < 1.29 is 4.74 Å². The maximum absolute atomic E-state index is 5.90. The molecule has 1 N–H and O–H groups in total. The van der Waals surface area contributed by atoms with E-state index in [1.807, 2.05) is 0 Å². The lowest BCUT2D eigenvalue weighted by Crippen LogP contribution is -2.31. The molecule has 2 rings (SSSR count). The lowest BCUT2D eigenvalue weighted by atomic mass is 9.91. The first kappa shape index (κ1) is 11.1. The van der Waals surface area contributed by atoms with Crippen LogP contribution in [0.15, 0.2) is 16.8 Å². The average molecular weight is 225 g/mol. The van der Waals surface area contributed by atoms with Crippen LogP contribution in [-0.4, -0.2) is 19.7 Å². The van der Waals surface area contributed by atoms with Gasteiger partial charge in [-0.3, -0.25) is 0 Å². The van der Waals surface area contributed by atoms with E-state index in [0.717, 1.165) is 19.7 Å². The van der Waals surface area contributed by atoms with Gasteiger partial charge in [0.1, 0.15) is 0 Å². The molecule has 1 fully saturated rings. The number of ether oxygens (including phenoxy) is 1. The first-order valence-electron chi connectivity index (χ1n) is 5.76. The molecule has 2 nitrogen and oxygen atoms in total. The van der Waals surface area contributed by atoms with Crippen molar-refractivity contribution >= 4 is 11.3 Å². The molecule has 2 heterocycles. The topological polar surface area (TPSA) is 21.3 Å². The lowest BCUT2D eigenvalue weighted by molar-refractivity contribution is -0.0273. The minimum Gasteiger partial charge on any atom is -0.373 e. The van der Waals surface area contributed by atoms with Crippen molar-refractivity contribution in [2.24, 2.45) is 5.92 Å². The minimum atomic E-state index is 0.323. The van der Waals surface area contributed by atoms with Gasteiger partial charge in [0.15, 0.2) is 0 Å². The molecule has 0 amide bonds. The lowest BCUT2D eigenvalue weighted by Gasteiger charge is -2.31. The van der Waals surface area contributed by atoms with E-state index in [2.05, 4.69) is 29.1 Å². The van der Waals surface area contributed by atoms with Gasteiger partial charge in [-0.05, 0) is 41.8 Å². The molecular weight excluding hydrogens is 206 g/mol. The Morgan fingerprint density at radius 3 is 3.27 bits per heavy atom. The zero-order chi connectivity index (χ0) is 10.5. The highest BCUT2D eigenvalue weighted by atomic mass is 32.1. The van der Waals surface area contributed by atoms with Crippen LogP contribution in [0.1, 0.15) is 31.4 Å². The average Bonchev–Trinajstić information content (AvgIpc) is 2.80. The predicted octanol–water partition coefficient (Wildman–Crippen LogP) is 2.83. The molecule has 1 saturated heterocycles. The normalized spacial score (nSPS) is 26.7. The van der Waals surface area contributed by atoms with Gasteiger partial charge in [-0.15, -0.1) is 0 Å². The van der Waals surface area contributed by atoms with Crippen LogP contribution in [0.4, 0.5) is 0 Å². The first-order valence-corrected chi connectivity index (χ1v) is 6.70. The van der Waals surface area contributed by atoms with Crippen molar-refractivity contribution in [2.75, 3.05) is 19.7 Å². The van der Waals surface area contributed by atoms with Crippen molar-refractivity contribution in [3.05, 3.63) is 22.4 Å². The SMILES string of the molecule is CCNCC1CCCOC1c1ccsc1. The fourth-order valence-electron chi connectivity index (χ4n) is 2.19. The quantitative estimate of drug-likeness (QED) is 0.851. The van der Waals surface area contributed by atoms with Crippen LogP contribution in [0.5, 0.6) is 0 Å². The number of rotatable bonds is 4. The van der Waals surface area contributed by atoms with Gasteiger partial charge in [-0.2, -0.15) is 11.3 Å². The highest BCUT2D eigenvalue weighted by molar-refractivity contribution is 7.07. The molecule has 2 atom stereocenters. The van der Waals surface area contributed by atoms with E-state index in [-0.39, 0.29) is 0 Å². The third-order valence-electron chi connectivity index (χ3n) is 2.97. The van der Waals surface area contributed by atoms with Gasteiger partial charge in [-0.25, -0.2) is 0 Å². The van der Waals surface area contributed by atoms with E-state index in [0.29, 0.717) is 12.0 Å². The van der Waals surface area contributed by atoms with Gasteiger partial charge >= 0.3 is 0 Å². The molecule has 0 radical (unpaired) electrons. The van der Waals surface area contributed by atoms with Crippen LogP contribution in [0, 0.1) is 5.92 Å². The van der Waals surface area contributed by atoms with Crippen LogP contribution in [-0.2, 0) is 4.74 Å². The highest BCUT2D eigenvalue weighted by Crippen LogP contribution is 2.34. The van der Waals surface area contributed by atoms with Gasteiger partial charge in [0.05, 0.1) is 6.10 Å². The molecular formula is C12H19NOS. The van der Waals surface area contributed by atoms with Crippen LogP contribution in [0.25, 0.3) is 0 Å². The van der Waals surface area contributed by atoms with Gasteiger partial charge < -0.3 is 10.1 Å². The molecule has 0 spiro atoms. The molecule has 15 heavy (non-hydrogen) atoms. The highest BCUT2D eigenvalue weighted by Gasteiger charge is 2.27. The van der Waals surface area contributed by atoms with Crippen LogP contribution in [0.2, 0.25) is 0 Å². The molecule has 1 aromatic rings. The molecule has 2 unspecified atom stereocenters. The Balaban J connectivity index is 1.99. The summed E-state index contributed by atoms with van der Waals surface area (Å²) in [7, 11) is 0. The third-order valence-corrected chi connectivity index (χ3v) is 3.67. The summed E-state index contributed by atoms with van der Waals surface area (Å²) in [5.74, 6) is 0.647. The van der Waals surface area contributed by atoms with Crippen molar-refractivity contribution in [1.82, 2.24) is 5.32 Å². The largest absolute Gasteiger partial charge is 0.373 e. The van der Waals surface area contributed by atoms with E-state index in [1.165, 1.54) is 18.4 Å². The summed E-state index contributed by atoms with van der Waals surface area (Å²) in [6.07, 6.45) is 2.81. The van der Waals surface area contributed by atoms with Crippen molar-refractivity contribution in [3.8, 4) is 0 Å². The maximum Gasteiger partial charge on any atom is 0.0873 e. The number of hydrogen-bond acceptors (Lipinski definition) is 3. The second kappa shape index (κ2) is 5.64. The Morgan fingerprint density at radius 1 is 1.60 bits per heavy atom. The van der Waals surface area contributed by atoms with E-state index in [1.54, 1.807) is 11.3 Å². The van der Waals surface area contributed by atoms with Crippen LogP contribution >= 0.6 is 11.3 Å². The number of hydrogen-bond donors (Lipinski definition) is 1. The smallest absolute Gasteiger partial charge is 0.0873 e. The molecule has 0 bridgehead atoms. The molecule has 1 aliphatic heterocycles. The van der Waals surface area contributed by atoms with Crippen molar-refractivity contribution in [1.29, 1.82) is 0 Å². The summed E-state index contributed by atoms with van der Waals surface area (Å²) in [6.45, 7) is 5.20. The molecule has 0 saturated carbocycles. The van der Waals surface area contributed by atoms with Crippen LogP contribution in [0.3, 0.4) is 0 Å². The predicted molar refractivity (Wildman–Crippen MR) is 64.3 cm³/mol. The van der Waals surface area contributed by atoms with E-state index < -0.39 is 0 Å². The molecule has 0 aliphatic carbocycles. The number of nitrogens with one attached hydrogen (secondary N) is 1. The molecule has 0 aromatic carbocycles. The summed E-state index contributed by atoms with van der Waals surface area (Å²) < 4.78 is 5.90. The zero-order valence-electron chi connectivity index (χ0n) is 9.24. The fraction of sp³-hybridized carbons (Fsp3) is 0.667.